The lowest BCUT2D eigenvalue weighted by atomic mass is 10.2. The molecule has 1 aliphatic heterocycles. The molecule has 148 valence electrons. The molecule has 1 aromatic heterocycles. The third-order valence-corrected chi connectivity index (χ3v) is 4.03. The van der Waals surface area contributed by atoms with Crippen LogP contribution in [0.2, 0.25) is 0 Å². The lowest BCUT2D eigenvalue weighted by Gasteiger charge is -2.26. The van der Waals surface area contributed by atoms with Gasteiger partial charge in [0.2, 0.25) is 0 Å². The molecule has 2 aromatic rings. The highest BCUT2D eigenvalue weighted by molar-refractivity contribution is 5.92. The SMILES string of the molecule is COc1cc(/C=N\NC(=O)c2ccco2)ccc1OCC(=O)N1CCOCC1. The summed E-state index contributed by atoms with van der Waals surface area (Å²) in [4.78, 5) is 25.6. The molecule has 1 aromatic carbocycles. The number of nitrogens with one attached hydrogen (secondary N) is 1. The first-order chi connectivity index (χ1) is 13.7. The van der Waals surface area contributed by atoms with Crippen LogP contribution in [0.15, 0.2) is 46.1 Å². The van der Waals surface area contributed by atoms with E-state index >= 15 is 0 Å². The molecule has 9 nitrogen and oxygen atoms in total. The second-order valence-corrected chi connectivity index (χ2v) is 5.87. The van der Waals surface area contributed by atoms with Crippen molar-refractivity contribution >= 4 is 18.0 Å². The molecule has 0 bridgehead atoms. The van der Waals surface area contributed by atoms with Gasteiger partial charge in [-0.1, -0.05) is 0 Å². The monoisotopic (exact) mass is 387 g/mol. The second kappa shape index (κ2) is 9.56. The van der Waals surface area contributed by atoms with Gasteiger partial charge in [0.25, 0.3) is 5.91 Å². The van der Waals surface area contributed by atoms with Crippen LogP contribution in [0.1, 0.15) is 16.1 Å². The number of benzene rings is 1. The minimum absolute atomic E-state index is 0.0804. The fraction of sp³-hybridized carbons (Fsp3) is 0.316. The number of nitrogens with zero attached hydrogens (tertiary/aromatic N) is 2. The molecule has 3 rings (SSSR count). The quantitative estimate of drug-likeness (QED) is 0.567. The molecular formula is C19H21N3O6. The van der Waals surface area contributed by atoms with Gasteiger partial charge in [0.15, 0.2) is 23.9 Å². The van der Waals surface area contributed by atoms with Gasteiger partial charge in [0, 0.05) is 13.1 Å². The van der Waals surface area contributed by atoms with Gasteiger partial charge in [-0.2, -0.15) is 5.10 Å². The Bertz CT molecular complexity index is 828. The standard InChI is InChI=1S/C19H21N3O6/c1-25-17-11-14(12-20-21-19(24)16-3-2-8-27-16)4-5-15(17)28-13-18(23)22-6-9-26-10-7-22/h2-5,8,11-12H,6-7,9-10,13H2,1H3,(H,21,24)/b20-12-. The Labute approximate surface area is 161 Å². The average molecular weight is 387 g/mol. The van der Waals surface area contributed by atoms with E-state index in [9.17, 15) is 9.59 Å². The number of hydrogen-bond acceptors (Lipinski definition) is 7. The zero-order chi connectivity index (χ0) is 19.8. The predicted octanol–water partition coefficient (Wildman–Crippen LogP) is 1.29. The smallest absolute Gasteiger partial charge is 0.307 e. The minimum atomic E-state index is -0.449. The fourth-order valence-electron chi connectivity index (χ4n) is 2.56. The third kappa shape index (κ3) is 5.10. The van der Waals surface area contributed by atoms with Crippen LogP contribution >= 0.6 is 0 Å². The van der Waals surface area contributed by atoms with Gasteiger partial charge in [-0.15, -0.1) is 0 Å². The third-order valence-electron chi connectivity index (χ3n) is 4.03. The first-order valence-corrected chi connectivity index (χ1v) is 8.70. The molecule has 28 heavy (non-hydrogen) atoms. The summed E-state index contributed by atoms with van der Waals surface area (Å²) in [6, 6.07) is 8.27. The predicted molar refractivity (Wildman–Crippen MR) is 99.7 cm³/mol. The summed E-state index contributed by atoms with van der Waals surface area (Å²) >= 11 is 0. The summed E-state index contributed by atoms with van der Waals surface area (Å²) in [5.41, 5.74) is 3.05. The Hall–Kier alpha value is -3.33. The highest BCUT2D eigenvalue weighted by Gasteiger charge is 2.18. The Morgan fingerprint density at radius 2 is 2.07 bits per heavy atom. The first kappa shape index (κ1) is 19.4. The Morgan fingerprint density at radius 1 is 1.25 bits per heavy atom. The number of hydrogen-bond donors (Lipinski definition) is 1. The number of hydrazone groups is 1. The van der Waals surface area contributed by atoms with Gasteiger partial charge in [-0.25, -0.2) is 5.43 Å². The first-order valence-electron chi connectivity index (χ1n) is 8.70. The van der Waals surface area contributed by atoms with E-state index in [-0.39, 0.29) is 18.3 Å². The van der Waals surface area contributed by atoms with Crippen LogP contribution in [0.4, 0.5) is 0 Å². The van der Waals surface area contributed by atoms with Gasteiger partial charge < -0.3 is 23.5 Å². The molecule has 1 fully saturated rings. The molecule has 0 radical (unpaired) electrons. The zero-order valence-corrected chi connectivity index (χ0v) is 15.4. The summed E-state index contributed by atoms with van der Waals surface area (Å²) < 4.78 is 21.1. The molecule has 1 saturated heterocycles. The number of amides is 2. The highest BCUT2D eigenvalue weighted by atomic mass is 16.5. The van der Waals surface area contributed by atoms with Gasteiger partial charge in [0.05, 0.1) is 32.8 Å². The lowest BCUT2D eigenvalue weighted by molar-refractivity contribution is -0.137. The highest BCUT2D eigenvalue weighted by Crippen LogP contribution is 2.27. The summed E-state index contributed by atoms with van der Waals surface area (Å²) in [6.07, 6.45) is 2.87. The Balaban J connectivity index is 1.56. The van der Waals surface area contributed by atoms with Crippen molar-refractivity contribution in [3.8, 4) is 11.5 Å². The van der Waals surface area contributed by atoms with Crippen molar-refractivity contribution < 1.29 is 28.2 Å². The van der Waals surface area contributed by atoms with Crippen molar-refractivity contribution in [3.63, 3.8) is 0 Å². The molecule has 1 aliphatic rings. The van der Waals surface area contributed by atoms with Crippen LogP contribution < -0.4 is 14.9 Å². The van der Waals surface area contributed by atoms with Crippen molar-refractivity contribution in [3.05, 3.63) is 47.9 Å². The van der Waals surface area contributed by atoms with Crippen LogP contribution in [0.5, 0.6) is 11.5 Å². The summed E-state index contributed by atoms with van der Waals surface area (Å²) in [6.45, 7) is 2.14. The van der Waals surface area contributed by atoms with E-state index in [1.807, 2.05) is 0 Å². The topological polar surface area (TPSA) is 103 Å². The van der Waals surface area contributed by atoms with E-state index in [1.54, 1.807) is 29.2 Å². The van der Waals surface area contributed by atoms with Crippen molar-refractivity contribution in [2.45, 2.75) is 0 Å². The number of ether oxygens (including phenoxy) is 3. The Morgan fingerprint density at radius 3 is 2.79 bits per heavy atom. The number of rotatable bonds is 7. The molecular weight excluding hydrogens is 366 g/mol. The summed E-state index contributed by atoms with van der Waals surface area (Å²) in [7, 11) is 1.51. The normalized spacial score (nSPS) is 14.1. The summed E-state index contributed by atoms with van der Waals surface area (Å²) in [5.74, 6) is 0.520. The van der Waals surface area contributed by atoms with Gasteiger partial charge in [-0.05, 0) is 35.9 Å². The molecule has 2 amide bonds. The summed E-state index contributed by atoms with van der Waals surface area (Å²) in [5, 5.41) is 3.88. The van der Waals surface area contributed by atoms with E-state index in [1.165, 1.54) is 25.7 Å². The second-order valence-electron chi connectivity index (χ2n) is 5.87. The molecule has 1 N–H and O–H groups in total. The van der Waals surface area contributed by atoms with E-state index < -0.39 is 5.91 Å². The maximum absolute atomic E-state index is 12.2. The van der Waals surface area contributed by atoms with Crippen LogP contribution in [0, 0.1) is 0 Å². The molecule has 9 heteroatoms. The average Bonchev–Trinajstić information content (AvgIpc) is 3.28. The van der Waals surface area contributed by atoms with Crippen LogP contribution in [-0.2, 0) is 9.53 Å². The maximum atomic E-state index is 12.2. The number of furan rings is 1. The van der Waals surface area contributed by atoms with Gasteiger partial charge in [0.1, 0.15) is 0 Å². The van der Waals surface area contributed by atoms with E-state index in [2.05, 4.69) is 10.5 Å². The van der Waals surface area contributed by atoms with Gasteiger partial charge in [-0.3, -0.25) is 9.59 Å². The van der Waals surface area contributed by atoms with Gasteiger partial charge >= 0.3 is 5.91 Å². The molecule has 0 aliphatic carbocycles. The largest absolute Gasteiger partial charge is 0.493 e. The van der Waals surface area contributed by atoms with Crippen LogP contribution in [-0.4, -0.2) is 62.9 Å². The molecule has 0 atom stereocenters. The number of methoxy groups -OCH3 is 1. The minimum Gasteiger partial charge on any atom is -0.493 e. The number of carbonyl (C=O) groups excluding carboxylic acids is 2. The van der Waals surface area contributed by atoms with E-state index in [0.29, 0.717) is 43.4 Å². The van der Waals surface area contributed by atoms with Crippen molar-refractivity contribution in [1.29, 1.82) is 0 Å². The molecule has 2 heterocycles. The maximum Gasteiger partial charge on any atom is 0.307 e. The number of carbonyl (C=O) groups is 2. The van der Waals surface area contributed by atoms with Crippen molar-refractivity contribution in [2.75, 3.05) is 40.0 Å². The van der Waals surface area contributed by atoms with E-state index in [0.717, 1.165) is 0 Å². The fourth-order valence-corrected chi connectivity index (χ4v) is 2.56. The molecule has 0 spiro atoms. The number of morpholine rings is 1. The van der Waals surface area contributed by atoms with E-state index in [4.69, 9.17) is 18.6 Å². The van der Waals surface area contributed by atoms with Crippen LogP contribution in [0.25, 0.3) is 0 Å². The van der Waals surface area contributed by atoms with Crippen molar-refractivity contribution in [1.82, 2.24) is 10.3 Å². The molecule has 0 saturated carbocycles. The van der Waals surface area contributed by atoms with Crippen molar-refractivity contribution in [2.24, 2.45) is 5.10 Å². The molecule has 0 unspecified atom stereocenters. The van der Waals surface area contributed by atoms with Crippen LogP contribution in [0.3, 0.4) is 0 Å². The Kier molecular flexibility index (Phi) is 6.64. The lowest BCUT2D eigenvalue weighted by Crippen LogP contribution is -2.43. The zero-order valence-electron chi connectivity index (χ0n) is 15.4.